The van der Waals surface area contributed by atoms with Crippen molar-refractivity contribution in [2.24, 2.45) is 5.73 Å². The first-order chi connectivity index (χ1) is 28.5. The van der Waals surface area contributed by atoms with Crippen LogP contribution in [0.25, 0.3) is 0 Å². The SMILES string of the molecule is CCCCCCCCCCCCCCCCCCCC(=O)O[C@H](COC(=O)CCC/C=C\C/C=C\C/C=C\C/C=C\CC(O)CCC)COP(=O)(O)OC[C@H](N)C(=O)O. The Bertz CT molecular complexity index is 1210. The molecule has 0 aliphatic heterocycles. The zero-order valence-corrected chi connectivity index (χ0v) is 37.6. The summed E-state index contributed by atoms with van der Waals surface area (Å²) in [5.74, 6) is -2.47. The van der Waals surface area contributed by atoms with Crippen molar-refractivity contribution in [1.82, 2.24) is 0 Å². The summed E-state index contributed by atoms with van der Waals surface area (Å²) in [7, 11) is -4.74. The van der Waals surface area contributed by atoms with Crippen molar-refractivity contribution in [1.29, 1.82) is 0 Å². The molecule has 0 saturated carbocycles. The quantitative estimate of drug-likeness (QED) is 0.0197. The maximum Gasteiger partial charge on any atom is 0.472 e. The molecule has 0 aliphatic rings. The second-order valence-electron chi connectivity index (χ2n) is 15.4. The van der Waals surface area contributed by atoms with Crippen LogP contribution in [0.3, 0.4) is 0 Å². The number of aliphatic carboxylic acids is 1. The Hall–Kier alpha value is -2.60. The molecule has 4 atom stereocenters. The van der Waals surface area contributed by atoms with Crippen LogP contribution in [0.2, 0.25) is 0 Å². The van der Waals surface area contributed by atoms with E-state index in [4.69, 9.17) is 24.8 Å². The molecule has 0 aromatic carbocycles. The number of aliphatic hydroxyl groups excluding tert-OH is 1. The third kappa shape index (κ3) is 40.6. The molecule has 0 aromatic heterocycles. The summed E-state index contributed by atoms with van der Waals surface area (Å²) in [6, 6.07) is -1.53. The van der Waals surface area contributed by atoms with Gasteiger partial charge in [-0.25, -0.2) is 4.57 Å². The van der Waals surface area contributed by atoms with Crippen LogP contribution in [-0.2, 0) is 37.5 Å². The lowest BCUT2D eigenvalue weighted by Crippen LogP contribution is -2.34. The number of phosphoric acid groups is 1. The number of hydrogen-bond donors (Lipinski definition) is 4. The number of aliphatic hydroxyl groups is 1. The number of ether oxygens (including phenoxy) is 2. The number of carbonyl (C=O) groups is 3. The zero-order chi connectivity index (χ0) is 43.7. The predicted octanol–water partition coefficient (Wildman–Crippen LogP) is 11.1. The minimum atomic E-state index is -4.74. The van der Waals surface area contributed by atoms with E-state index in [2.05, 4.69) is 48.8 Å². The van der Waals surface area contributed by atoms with E-state index in [0.29, 0.717) is 25.7 Å². The van der Waals surface area contributed by atoms with Gasteiger partial charge in [-0.15, -0.1) is 0 Å². The average molecular weight is 856 g/mol. The summed E-state index contributed by atoms with van der Waals surface area (Å²) in [5.41, 5.74) is 5.33. The van der Waals surface area contributed by atoms with Crippen LogP contribution in [0.1, 0.15) is 187 Å². The molecule has 0 amide bonds. The molecule has 13 heteroatoms. The average Bonchev–Trinajstić information content (AvgIpc) is 3.20. The standard InChI is InChI=1S/C46H82NO11P/c1-3-5-6-7-8-9-10-11-12-13-14-17-21-24-27-30-33-37-45(50)58-42(39-56-59(53,54)57-40-43(47)46(51)52)38-55-44(49)36-32-29-26-23-20-18-15-16-19-22-25-28-31-35-41(48)34-4-2/h15,18-19,22-23,26,28,31,41-43,48H,3-14,16-17,20-21,24-25,27,29-30,32-40,47H2,1-2H3,(H,51,52)(H,53,54)/b18-15-,22-19-,26-23-,31-28-/t41?,42-,43+/m1/s1. The van der Waals surface area contributed by atoms with Crippen molar-refractivity contribution >= 4 is 25.7 Å². The summed E-state index contributed by atoms with van der Waals surface area (Å²) < 4.78 is 32.7. The lowest BCUT2D eigenvalue weighted by atomic mass is 10.0. The van der Waals surface area contributed by atoms with E-state index in [1.807, 2.05) is 18.2 Å². The summed E-state index contributed by atoms with van der Waals surface area (Å²) in [5, 5.41) is 18.6. The zero-order valence-electron chi connectivity index (χ0n) is 36.7. The van der Waals surface area contributed by atoms with Gasteiger partial charge in [-0.1, -0.05) is 172 Å². The number of unbranched alkanes of at least 4 members (excludes halogenated alkanes) is 17. The number of carboxylic acid groups (broad SMARTS) is 1. The van der Waals surface area contributed by atoms with E-state index in [1.165, 1.54) is 83.5 Å². The van der Waals surface area contributed by atoms with Gasteiger partial charge in [-0.05, 0) is 51.4 Å². The Morgan fingerprint density at radius 1 is 0.593 bits per heavy atom. The van der Waals surface area contributed by atoms with Gasteiger partial charge in [0.15, 0.2) is 6.10 Å². The first-order valence-electron chi connectivity index (χ1n) is 22.7. The molecule has 0 spiro atoms. The van der Waals surface area contributed by atoms with Gasteiger partial charge < -0.3 is 30.3 Å². The molecule has 59 heavy (non-hydrogen) atoms. The van der Waals surface area contributed by atoms with Gasteiger partial charge in [0, 0.05) is 12.8 Å². The van der Waals surface area contributed by atoms with E-state index < -0.39 is 51.1 Å². The molecule has 0 fully saturated rings. The van der Waals surface area contributed by atoms with Crippen molar-refractivity contribution in [3.05, 3.63) is 48.6 Å². The maximum atomic E-state index is 12.6. The minimum absolute atomic E-state index is 0.131. The number of esters is 2. The first kappa shape index (κ1) is 56.4. The fourth-order valence-electron chi connectivity index (χ4n) is 6.07. The number of nitrogens with two attached hydrogens (primary N) is 1. The Balaban J connectivity index is 4.43. The number of carboxylic acids is 1. The van der Waals surface area contributed by atoms with Gasteiger partial charge in [0.1, 0.15) is 12.6 Å². The Labute approximate surface area is 357 Å². The molecule has 0 aromatic rings. The lowest BCUT2D eigenvalue weighted by molar-refractivity contribution is -0.161. The van der Waals surface area contributed by atoms with Gasteiger partial charge in [0.05, 0.1) is 19.3 Å². The van der Waals surface area contributed by atoms with Crippen molar-refractivity contribution < 1.29 is 52.6 Å². The first-order valence-corrected chi connectivity index (χ1v) is 24.2. The van der Waals surface area contributed by atoms with Crippen LogP contribution in [0, 0.1) is 0 Å². The largest absolute Gasteiger partial charge is 0.480 e. The van der Waals surface area contributed by atoms with E-state index >= 15 is 0 Å². The molecule has 12 nitrogen and oxygen atoms in total. The fourth-order valence-corrected chi connectivity index (χ4v) is 6.85. The van der Waals surface area contributed by atoms with Crippen molar-refractivity contribution in [3.63, 3.8) is 0 Å². The van der Waals surface area contributed by atoms with Crippen molar-refractivity contribution in [2.45, 2.75) is 205 Å². The minimum Gasteiger partial charge on any atom is -0.480 e. The molecule has 0 bridgehead atoms. The van der Waals surface area contributed by atoms with Crippen LogP contribution in [0.5, 0.6) is 0 Å². The highest BCUT2D eigenvalue weighted by Gasteiger charge is 2.28. The number of carbonyl (C=O) groups excluding carboxylic acids is 2. The molecule has 0 heterocycles. The third-order valence-electron chi connectivity index (χ3n) is 9.64. The molecule has 0 rings (SSSR count). The Morgan fingerprint density at radius 2 is 1.05 bits per heavy atom. The Morgan fingerprint density at radius 3 is 1.56 bits per heavy atom. The van der Waals surface area contributed by atoms with Crippen LogP contribution < -0.4 is 5.73 Å². The number of phosphoric ester groups is 1. The monoisotopic (exact) mass is 856 g/mol. The number of allylic oxidation sites excluding steroid dienone is 7. The van der Waals surface area contributed by atoms with Crippen LogP contribution in [-0.4, -0.2) is 71.1 Å². The maximum absolute atomic E-state index is 12.6. The van der Waals surface area contributed by atoms with E-state index in [0.717, 1.165) is 51.4 Å². The van der Waals surface area contributed by atoms with E-state index in [-0.39, 0.29) is 25.6 Å². The normalized spacial score (nSPS) is 14.7. The Kier molecular flexibility index (Phi) is 39.0. The highest BCUT2D eigenvalue weighted by atomic mass is 31.2. The predicted molar refractivity (Wildman–Crippen MR) is 237 cm³/mol. The second kappa shape index (κ2) is 40.8. The molecule has 0 aliphatic carbocycles. The topological polar surface area (TPSA) is 192 Å². The summed E-state index contributed by atoms with van der Waals surface area (Å²) in [6.07, 6.45) is 42.4. The van der Waals surface area contributed by atoms with Crippen molar-refractivity contribution in [3.8, 4) is 0 Å². The van der Waals surface area contributed by atoms with Gasteiger partial charge in [0.2, 0.25) is 0 Å². The van der Waals surface area contributed by atoms with Gasteiger partial charge in [-0.2, -0.15) is 0 Å². The van der Waals surface area contributed by atoms with Crippen LogP contribution in [0.15, 0.2) is 48.6 Å². The number of hydrogen-bond acceptors (Lipinski definition) is 10. The smallest absolute Gasteiger partial charge is 0.472 e. The van der Waals surface area contributed by atoms with Crippen LogP contribution in [0.4, 0.5) is 0 Å². The van der Waals surface area contributed by atoms with Crippen LogP contribution >= 0.6 is 7.82 Å². The summed E-state index contributed by atoms with van der Waals surface area (Å²) in [4.78, 5) is 46.0. The third-order valence-corrected chi connectivity index (χ3v) is 10.6. The number of rotatable bonds is 42. The van der Waals surface area contributed by atoms with Crippen molar-refractivity contribution in [2.75, 3.05) is 19.8 Å². The molecular formula is C46H82NO11P. The summed E-state index contributed by atoms with van der Waals surface area (Å²) in [6.45, 7) is 2.55. The highest BCUT2D eigenvalue weighted by Crippen LogP contribution is 2.43. The highest BCUT2D eigenvalue weighted by molar-refractivity contribution is 7.47. The fraction of sp³-hybridized carbons (Fsp3) is 0.761. The van der Waals surface area contributed by atoms with E-state index in [9.17, 15) is 28.9 Å². The molecule has 0 radical (unpaired) electrons. The molecule has 0 saturated heterocycles. The molecule has 5 N–H and O–H groups in total. The van der Waals surface area contributed by atoms with Gasteiger partial charge in [0.25, 0.3) is 0 Å². The summed E-state index contributed by atoms with van der Waals surface area (Å²) >= 11 is 0. The van der Waals surface area contributed by atoms with Gasteiger partial charge >= 0.3 is 25.7 Å². The molecular weight excluding hydrogens is 773 g/mol. The second-order valence-corrected chi connectivity index (χ2v) is 16.8. The molecule has 2 unspecified atom stereocenters. The van der Waals surface area contributed by atoms with Gasteiger partial charge in [-0.3, -0.25) is 23.4 Å². The molecule has 342 valence electrons. The van der Waals surface area contributed by atoms with E-state index in [1.54, 1.807) is 0 Å². The lowest BCUT2D eigenvalue weighted by Gasteiger charge is -2.20.